The Morgan fingerprint density at radius 1 is 1.50 bits per heavy atom. The minimum absolute atomic E-state index is 0.00362. The highest BCUT2D eigenvalue weighted by atomic mass is 19.1. The molecule has 1 saturated carbocycles. The Bertz CT molecular complexity index is 431. The van der Waals surface area contributed by atoms with Crippen molar-refractivity contribution in [3.63, 3.8) is 0 Å². The van der Waals surface area contributed by atoms with Crippen LogP contribution in [0.3, 0.4) is 0 Å². The summed E-state index contributed by atoms with van der Waals surface area (Å²) in [7, 11) is 0. The molecule has 0 bridgehead atoms. The van der Waals surface area contributed by atoms with Gasteiger partial charge in [0.05, 0.1) is 18.4 Å². The van der Waals surface area contributed by atoms with E-state index in [1.165, 1.54) is 12.3 Å². The Hall–Kier alpha value is -1.49. The second-order valence-corrected chi connectivity index (χ2v) is 4.90. The molecule has 5 heteroatoms. The average Bonchev–Trinajstić information content (AvgIpc) is 2.86. The second kappa shape index (κ2) is 5.44. The Morgan fingerprint density at radius 3 is 2.83 bits per heavy atom. The van der Waals surface area contributed by atoms with E-state index in [9.17, 15) is 14.3 Å². The van der Waals surface area contributed by atoms with Crippen LogP contribution in [0.4, 0.5) is 4.39 Å². The van der Waals surface area contributed by atoms with Crippen LogP contribution in [-0.4, -0.2) is 29.1 Å². The number of pyridine rings is 1. The fourth-order valence-corrected chi connectivity index (χ4v) is 2.44. The first-order valence-corrected chi connectivity index (χ1v) is 6.15. The summed E-state index contributed by atoms with van der Waals surface area (Å²) in [5.41, 5.74) is -0.227. The molecule has 0 unspecified atom stereocenters. The van der Waals surface area contributed by atoms with Gasteiger partial charge in [0, 0.05) is 18.2 Å². The van der Waals surface area contributed by atoms with E-state index in [4.69, 9.17) is 0 Å². The Morgan fingerprint density at radius 2 is 2.22 bits per heavy atom. The first kappa shape index (κ1) is 13.0. The second-order valence-electron chi connectivity index (χ2n) is 4.90. The summed E-state index contributed by atoms with van der Waals surface area (Å²) in [6.07, 6.45) is 6.35. The highest BCUT2D eigenvalue weighted by molar-refractivity contribution is 5.94. The lowest BCUT2D eigenvalue weighted by molar-refractivity contribution is 0.0877. The molecule has 1 fully saturated rings. The topological polar surface area (TPSA) is 62.2 Å². The molecule has 1 aromatic heterocycles. The smallest absolute Gasteiger partial charge is 0.254 e. The number of hydrogen-bond acceptors (Lipinski definition) is 3. The number of nitrogens with one attached hydrogen (secondary N) is 1. The van der Waals surface area contributed by atoms with Gasteiger partial charge in [-0.25, -0.2) is 4.39 Å². The summed E-state index contributed by atoms with van der Waals surface area (Å²) < 4.78 is 13.3. The minimum Gasteiger partial charge on any atom is -0.396 e. The van der Waals surface area contributed by atoms with Gasteiger partial charge >= 0.3 is 0 Å². The van der Waals surface area contributed by atoms with Crippen LogP contribution in [-0.2, 0) is 0 Å². The van der Waals surface area contributed by atoms with Gasteiger partial charge in [0.15, 0.2) is 5.82 Å². The normalized spacial score (nSPS) is 17.7. The van der Waals surface area contributed by atoms with Crippen LogP contribution in [0.5, 0.6) is 0 Å². The van der Waals surface area contributed by atoms with Gasteiger partial charge in [-0.3, -0.25) is 9.78 Å². The molecule has 1 aliphatic rings. The highest BCUT2D eigenvalue weighted by Crippen LogP contribution is 2.36. The summed E-state index contributed by atoms with van der Waals surface area (Å²) in [5, 5.41) is 12.1. The molecule has 98 valence electrons. The van der Waals surface area contributed by atoms with Crippen LogP contribution >= 0.6 is 0 Å². The van der Waals surface area contributed by atoms with Crippen LogP contribution in [0, 0.1) is 11.2 Å². The molecule has 18 heavy (non-hydrogen) atoms. The van der Waals surface area contributed by atoms with E-state index in [1.54, 1.807) is 0 Å². The molecule has 2 N–H and O–H groups in total. The summed E-state index contributed by atoms with van der Waals surface area (Å²) in [5.74, 6) is -1.07. The van der Waals surface area contributed by atoms with Crippen molar-refractivity contribution < 1.29 is 14.3 Å². The third-order valence-electron chi connectivity index (χ3n) is 3.64. The lowest BCUT2D eigenvalue weighted by Gasteiger charge is -2.26. The molecular formula is C13H17FN2O2. The number of aliphatic hydroxyl groups is 1. The fourth-order valence-electron chi connectivity index (χ4n) is 2.44. The number of rotatable bonds is 4. The monoisotopic (exact) mass is 252 g/mol. The van der Waals surface area contributed by atoms with Gasteiger partial charge in [-0.05, 0) is 18.9 Å². The number of carbonyl (C=O) groups is 1. The molecule has 0 spiro atoms. The lowest BCUT2D eigenvalue weighted by Crippen LogP contribution is -2.38. The first-order chi connectivity index (χ1) is 8.67. The molecule has 0 aliphatic heterocycles. The molecule has 0 aromatic carbocycles. The van der Waals surface area contributed by atoms with Crippen molar-refractivity contribution in [2.45, 2.75) is 25.7 Å². The zero-order chi connectivity index (χ0) is 13.0. The largest absolute Gasteiger partial charge is 0.396 e. The maximum absolute atomic E-state index is 13.3. The van der Waals surface area contributed by atoms with E-state index < -0.39 is 11.7 Å². The van der Waals surface area contributed by atoms with Crippen molar-refractivity contribution >= 4 is 5.91 Å². The lowest BCUT2D eigenvalue weighted by atomic mass is 9.87. The summed E-state index contributed by atoms with van der Waals surface area (Å²) >= 11 is 0. The number of amides is 1. The zero-order valence-corrected chi connectivity index (χ0v) is 10.2. The van der Waals surface area contributed by atoms with Crippen molar-refractivity contribution in [3.05, 3.63) is 29.8 Å². The number of hydrogen-bond donors (Lipinski definition) is 2. The zero-order valence-electron chi connectivity index (χ0n) is 10.2. The maximum Gasteiger partial charge on any atom is 0.254 e. The molecule has 4 nitrogen and oxygen atoms in total. The predicted molar refractivity (Wildman–Crippen MR) is 64.5 cm³/mol. The van der Waals surface area contributed by atoms with Gasteiger partial charge in [-0.1, -0.05) is 12.8 Å². The Kier molecular flexibility index (Phi) is 3.91. The third kappa shape index (κ3) is 2.67. The molecule has 0 atom stereocenters. The number of nitrogens with zero attached hydrogens (tertiary/aromatic N) is 1. The molecule has 1 aliphatic carbocycles. The van der Waals surface area contributed by atoms with Crippen molar-refractivity contribution in [2.75, 3.05) is 13.2 Å². The predicted octanol–water partition coefficient (Wildman–Crippen LogP) is 1.50. The van der Waals surface area contributed by atoms with E-state index in [0.29, 0.717) is 6.54 Å². The van der Waals surface area contributed by atoms with Crippen LogP contribution in [0.25, 0.3) is 0 Å². The number of carbonyl (C=O) groups excluding carboxylic acids is 1. The summed E-state index contributed by atoms with van der Waals surface area (Å²) in [4.78, 5) is 15.4. The van der Waals surface area contributed by atoms with Gasteiger partial charge in [0.25, 0.3) is 5.91 Å². The number of aliphatic hydroxyl groups excluding tert-OH is 1. The van der Waals surface area contributed by atoms with Crippen LogP contribution in [0.1, 0.15) is 36.0 Å². The summed E-state index contributed by atoms with van der Waals surface area (Å²) in [6, 6.07) is 1.35. The molecule has 1 heterocycles. The standard InChI is InChI=1S/C13H17FN2O2/c14-11-7-15-6-3-10(11)12(18)16-8-13(9-17)4-1-2-5-13/h3,6-7,17H,1-2,4-5,8-9H2,(H,16,18). The van der Waals surface area contributed by atoms with Crippen molar-refractivity contribution in [3.8, 4) is 0 Å². The van der Waals surface area contributed by atoms with Gasteiger partial charge in [-0.2, -0.15) is 0 Å². The Balaban J connectivity index is 1.98. The molecule has 2 rings (SSSR count). The highest BCUT2D eigenvalue weighted by Gasteiger charge is 2.33. The number of aromatic nitrogens is 1. The molecular weight excluding hydrogens is 235 g/mol. The summed E-state index contributed by atoms with van der Waals surface area (Å²) in [6.45, 7) is 0.455. The van der Waals surface area contributed by atoms with Crippen molar-refractivity contribution in [1.82, 2.24) is 10.3 Å². The van der Waals surface area contributed by atoms with Gasteiger partial charge < -0.3 is 10.4 Å². The van der Waals surface area contributed by atoms with Gasteiger partial charge in [0.1, 0.15) is 0 Å². The fraction of sp³-hybridized carbons (Fsp3) is 0.538. The van der Waals surface area contributed by atoms with E-state index in [0.717, 1.165) is 31.9 Å². The van der Waals surface area contributed by atoms with Gasteiger partial charge in [0.2, 0.25) is 0 Å². The van der Waals surface area contributed by atoms with E-state index >= 15 is 0 Å². The molecule has 1 aromatic rings. The van der Waals surface area contributed by atoms with E-state index in [-0.39, 0.29) is 17.6 Å². The van der Waals surface area contributed by atoms with Gasteiger partial charge in [-0.15, -0.1) is 0 Å². The van der Waals surface area contributed by atoms with Crippen LogP contribution in [0.15, 0.2) is 18.5 Å². The molecule has 0 saturated heterocycles. The quantitative estimate of drug-likeness (QED) is 0.853. The maximum atomic E-state index is 13.3. The molecule has 1 amide bonds. The molecule has 0 radical (unpaired) electrons. The van der Waals surface area contributed by atoms with E-state index in [1.807, 2.05) is 0 Å². The van der Waals surface area contributed by atoms with Crippen LogP contribution < -0.4 is 5.32 Å². The minimum atomic E-state index is -0.625. The van der Waals surface area contributed by atoms with Crippen molar-refractivity contribution in [1.29, 1.82) is 0 Å². The van der Waals surface area contributed by atoms with Crippen molar-refractivity contribution in [2.24, 2.45) is 5.41 Å². The van der Waals surface area contributed by atoms with E-state index in [2.05, 4.69) is 10.3 Å². The SMILES string of the molecule is O=C(NCC1(CO)CCCC1)c1ccncc1F. The first-order valence-electron chi connectivity index (χ1n) is 6.15. The third-order valence-corrected chi connectivity index (χ3v) is 3.64. The Labute approximate surface area is 105 Å². The average molecular weight is 252 g/mol. The van der Waals surface area contributed by atoms with Crippen LogP contribution in [0.2, 0.25) is 0 Å². The number of halogens is 1.